The van der Waals surface area contributed by atoms with Crippen LogP contribution >= 0.6 is 11.6 Å². The molecule has 3 rings (SSSR count). The van der Waals surface area contributed by atoms with Crippen molar-refractivity contribution in [2.24, 2.45) is 0 Å². The third kappa shape index (κ3) is 6.49. The molecule has 0 aliphatic rings. The van der Waals surface area contributed by atoms with E-state index in [1.807, 2.05) is 51.0 Å². The van der Waals surface area contributed by atoms with Crippen LogP contribution in [-0.2, 0) is 21.4 Å². The van der Waals surface area contributed by atoms with E-state index in [1.54, 1.807) is 23.1 Å². The number of hydrogen-bond acceptors (Lipinski definition) is 7. The molecule has 0 bridgehead atoms. The molecule has 0 atom stereocenters. The first-order valence-corrected chi connectivity index (χ1v) is 13.8. The molecule has 38 heavy (non-hydrogen) atoms. The molecule has 2 aromatic carbocycles. The van der Waals surface area contributed by atoms with Gasteiger partial charge in [0, 0.05) is 38.1 Å². The van der Waals surface area contributed by atoms with Gasteiger partial charge in [-0.15, -0.1) is 0 Å². The molecule has 0 aliphatic heterocycles. The molecule has 0 N–H and O–H groups in total. The van der Waals surface area contributed by atoms with E-state index in [-0.39, 0.29) is 27.9 Å². The van der Waals surface area contributed by atoms with Gasteiger partial charge in [-0.3, -0.25) is 14.1 Å². The van der Waals surface area contributed by atoms with Gasteiger partial charge in [-0.25, -0.2) is 8.42 Å². The molecule has 3 aromatic rings. The van der Waals surface area contributed by atoms with E-state index < -0.39 is 22.5 Å². The first-order valence-electron chi connectivity index (χ1n) is 11.9. The predicted molar refractivity (Wildman–Crippen MR) is 150 cm³/mol. The van der Waals surface area contributed by atoms with Gasteiger partial charge in [-0.05, 0) is 56.3 Å². The highest BCUT2D eigenvalue weighted by Gasteiger charge is 2.31. The second-order valence-corrected chi connectivity index (χ2v) is 11.0. The SMILES string of the molecule is CCN(Cc1cccc(C)n1)C(=O)CN(c1cc(N(C)C)ccc1Cl)S(=O)(=O)c1ccc(OC)c(OC)c1. The van der Waals surface area contributed by atoms with E-state index in [1.165, 1.54) is 32.4 Å². The van der Waals surface area contributed by atoms with Crippen molar-refractivity contribution in [2.45, 2.75) is 25.3 Å². The van der Waals surface area contributed by atoms with E-state index in [9.17, 15) is 13.2 Å². The molecule has 1 amide bonds. The number of likely N-dealkylation sites (N-methyl/N-ethyl adjacent to an activating group) is 1. The maximum atomic E-state index is 14.1. The summed E-state index contributed by atoms with van der Waals surface area (Å²) in [5.74, 6) is 0.226. The Kier molecular flexibility index (Phi) is 9.45. The molecular weight excluding hydrogens is 528 g/mol. The fourth-order valence-corrected chi connectivity index (χ4v) is 5.57. The summed E-state index contributed by atoms with van der Waals surface area (Å²) >= 11 is 6.54. The van der Waals surface area contributed by atoms with E-state index >= 15 is 0 Å². The number of anilines is 2. The fourth-order valence-electron chi connectivity index (χ4n) is 3.86. The van der Waals surface area contributed by atoms with Crippen LogP contribution < -0.4 is 18.7 Å². The van der Waals surface area contributed by atoms with Crippen LogP contribution in [0, 0.1) is 6.92 Å². The zero-order valence-corrected chi connectivity index (χ0v) is 24.0. The van der Waals surface area contributed by atoms with Crippen molar-refractivity contribution in [3.05, 3.63) is 71.0 Å². The highest BCUT2D eigenvalue weighted by molar-refractivity contribution is 7.92. The summed E-state index contributed by atoms with van der Waals surface area (Å²) < 4.78 is 39.7. The van der Waals surface area contributed by atoms with Gasteiger partial charge in [-0.2, -0.15) is 0 Å². The van der Waals surface area contributed by atoms with Gasteiger partial charge in [0.2, 0.25) is 5.91 Å². The summed E-state index contributed by atoms with van der Waals surface area (Å²) in [5, 5.41) is 0.191. The number of methoxy groups -OCH3 is 2. The Hall–Kier alpha value is -3.50. The minimum Gasteiger partial charge on any atom is -0.493 e. The van der Waals surface area contributed by atoms with Crippen molar-refractivity contribution in [2.75, 3.05) is 50.6 Å². The molecule has 9 nitrogen and oxygen atoms in total. The molecule has 0 unspecified atom stereocenters. The van der Waals surface area contributed by atoms with E-state index in [4.69, 9.17) is 21.1 Å². The molecule has 1 heterocycles. The summed E-state index contributed by atoms with van der Waals surface area (Å²) in [5.41, 5.74) is 2.45. The zero-order chi connectivity index (χ0) is 28.0. The summed E-state index contributed by atoms with van der Waals surface area (Å²) in [7, 11) is 2.29. The van der Waals surface area contributed by atoms with Gasteiger partial charge in [0.25, 0.3) is 10.0 Å². The number of sulfonamides is 1. The number of ether oxygens (including phenoxy) is 2. The highest BCUT2D eigenvalue weighted by atomic mass is 35.5. The first-order chi connectivity index (χ1) is 18.0. The van der Waals surface area contributed by atoms with Crippen LogP contribution in [0.5, 0.6) is 11.5 Å². The third-order valence-electron chi connectivity index (χ3n) is 5.97. The smallest absolute Gasteiger partial charge is 0.264 e. The average molecular weight is 561 g/mol. The van der Waals surface area contributed by atoms with Crippen LogP contribution in [0.25, 0.3) is 0 Å². The van der Waals surface area contributed by atoms with Gasteiger partial charge >= 0.3 is 0 Å². The number of pyridine rings is 1. The Balaban J connectivity index is 2.09. The Morgan fingerprint density at radius 2 is 1.71 bits per heavy atom. The lowest BCUT2D eigenvalue weighted by Crippen LogP contribution is -2.43. The Bertz CT molecular complexity index is 1400. The molecule has 11 heteroatoms. The van der Waals surface area contributed by atoms with Gasteiger partial charge in [0.05, 0.1) is 42.1 Å². The number of benzene rings is 2. The predicted octanol–water partition coefficient (Wildman–Crippen LogP) is 4.37. The number of carbonyl (C=O) groups excluding carboxylic acids is 1. The van der Waals surface area contributed by atoms with Crippen molar-refractivity contribution in [3.8, 4) is 11.5 Å². The highest BCUT2D eigenvalue weighted by Crippen LogP contribution is 2.36. The van der Waals surface area contributed by atoms with Crippen molar-refractivity contribution >= 4 is 38.9 Å². The number of nitrogens with zero attached hydrogens (tertiary/aromatic N) is 4. The molecule has 0 saturated heterocycles. The third-order valence-corrected chi connectivity index (χ3v) is 8.05. The van der Waals surface area contributed by atoms with Crippen LogP contribution in [0.1, 0.15) is 18.3 Å². The Labute approximate surface area is 229 Å². The number of halogens is 1. The minimum atomic E-state index is -4.26. The quantitative estimate of drug-likeness (QED) is 0.344. The lowest BCUT2D eigenvalue weighted by Gasteiger charge is -2.29. The van der Waals surface area contributed by atoms with Crippen molar-refractivity contribution in [1.29, 1.82) is 0 Å². The molecule has 0 radical (unpaired) electrons. The molecular formula is C27H33ClN4O5S. The Morgan fingerprint density at radius 1 is 1.00 bits per heavy atom. The van der Waals surface area contributed by atoms with Crippen LogP contribution in [-0.4, -0.2) is 65.6 Å². The van der Waals surface area contributed by atoms with E-state index in [0.717, 1.165) is 15.7 Å². The second-order valence-electron chi connectivity index (χ2n) is 8.74. The molecule has 0 aliphatic carbocycles. The fraction of sp³-hybridized carbons (Fsp3) is 0.333. The van der Waals surface area contributed by atoms with Gasteiger partial charge in [-0.1, -0.05) is 17.7 Å². The monoisotopic (exact) mass is 560 g/mol. The molecule has 1 aromatic heterocycles. The molecule has 0 saturated carbocycles. The maximum Gasteiger partial charge on any atom is 0.264 e. The standard InChI is InChI=1S/C27H33ClN4O5S/c1-7-31(17-20-10-8-9-19(2)29-20)27(33)18-32(24-15-21(30(3)4)11-13-23(24)28)38(34,35)22-12-14-25(36-5)26(16-22)37-6/h8-16H,7,17-18H2,1-6H3. The normalized spacial score (nSPS) is 11.1. The molecule has 0 fully saturated rings. The van der Waals surface area contributed by atoms with Crippen molar-refractivity contribution < 1.29 is 22.7 Å². The summed E-state index contributed by atoms with van der Waals surface area (Å²) in [6, 6.07) is 14.9. The topological polar surface area (TPSA) is 92.3 Å². The number of hydrogen-bond donors (Lipinski definition) is 0. The number of rotatable bonds is 11. The number of aromatic nitrogens is 1. The number of amides is 1. The number of aryl methyl sites for hydroxylation is 1. The van der Waals surface area contributed by atoms with Gasteiger partial charge < -0.3 is 19.3 Å². The Morgan fingerprint density at radius 3 is 2.32 bits per heavy atom. The van der Waals surface area contributed by atoms with Gasteiger partial charge in [0.15, 0.2) is 11.5 Å². The van der Waals surface area contributed by atoms with Crippen molar-refractivity contribution in [3.63, 3.8) is 0 Å². The largest absolute Gasteiger partial charge is 0.493 e. The average Bonchev–Trinajstić information content (AvgIpc) is 2.90. The zero-order valence-electron chi connectivity index (χ0n) is 22.4. The van der Waals surface area contributed by atoms with Crippen molar-refractivity contribution in [1.82, 2.24) is 9.88 Å². The lowest BCUT2D eigenvalue weighted by molar-refractivity contribution is -0.130. The minimum absolute atomic E-state index is 0.0716. The van der Waals surface area contributed by atoms with Crippen LogP contribution in [0.2, 0.25) is 5.02 Å². The summed E-state index contributed by atoms with van der Waals surface area (Å²) in [6.45, 7) is 3.85. The molecule has 0 spiro atoms. The van der Waals surface area contributed by atoms with Crippen LogP contribution in [0.4, 0.5) is 11.4 Å². The van der Waals surface area contributed by atoms with E-state index in [0.29, 0.717) is 18.0 Å². The number of carbonyl (C=O) groups is 1. The van der Waals surface area contributed by atoms with Crippen LogP contribution in [0.3, 0.4) is 0 Å². The van der Waals surface area contributed by atoms with E-state index in [2.05, 4.69) is 4.98 Å². The summed E-state index contributed by atoms with van der Waals surface area (Å²) in [4.78, 5) is 21.4. The summed E-state index contributed by atoms with van der Waals surface area (Å²) in [6.07, 6.45) is 0. The van der Waals surface area contributed by atoms with Crippen LogP contribution in [0.15, 0.2) is 59.5 Å². The second kappa shape index (κ2) is 12.4. The first kappa shape index (κ1) is 29.1. The van der Waals surface area contributed by atoms with Gasteiger partial charge in [0.1, 0.15) is 6.54 Å². The molecule has 204 valence electrons. The lowest BCUT2D eigenvalue weighted by atomic mass is 10.2. The maximum absolute atomic E-state index is 14.1.